The van der Waals surface area contributed by atoms with Crippen molar-refractivity contribution in [1.82, 2.24) is 0 Å². The highest BCUT2D eigenvalue weighted by Gasteiger charge is 2.08. The van der Waals surface area contributed by atoms with Gasteiger partial charge in [0.25, 0.3) is 0 Å². The molecule has 0 amide bonds. The number of carbonyl (C=O) groups excluding carboxylic acids is 2. The SMILES string of the molecule is C=C(C=C(C)C(=O)O)C(=O)OCCCCCC.C=CC(=O)OCc1ccccc1. The first-order valence-electron chi connectivity index (χ1n) is 9.42. The van der Waals surface area contributed by atoms with Crippen molar-refractivity contribution in [2.24, 2.45) is 0 Å². The van der Waals surface area contributed by atoms with Gasteiger partial charge in [-0.3, -0.25) is 0 Å². The first-order valence-corrected chi connectivity index (χ1v) is 9.42. The fourth-order valence-electron chi connectivity index (χ4n) is 1.96. The average molecular weight is 402 g/mol. The van der Waals surface area contributed by atoms with Gasteiger partial charge in [-0.25, -0.2) is 14.4 Å². The Hall–Kier alpha value is -3.15. The smallest absolute Gasteiger partial charge is 0.337 e. The number of carbonyl (C=O) groups is 3. The number of hydrogen-bond acceptors (Lipinski definition) is 5. The topological polar surface area (TPSA) is 89.9 Å². The van der Waals surface area contributed by atoms with Crippen LogP contribution in [0.15, 0.2) is 66.8 Å². The summed E-state index contributed by atoms with van der Waals surface area (Å²) >= 11 is 0. The fraction of sp³-hybridized carbons (Fsp3) is 0.348. The second-order valence-electron chi connectivity index (χ2n) is 6.15. The van der Waals surface area contributed by atoms with Gasteiger partial charge in [-0.2, -0.15) is 0 Å². The Balaban J connectivity index is 0.000000571. The van der Waals surface area contributed by atoms with Crippen molar-refractivity contribution in [2.45, 2.75) is 46.1 Å². The van der Waals surface area contributed by atoms with E-state index in [0.717, 1.165) is 37.3 Å². The molecule has 0 radical (unpaired) electrons. The normalized spacial score (nSPS) is 10.2. The van der Waals surface area contributed by atoms with E-state index in [2.05, 4.69) is 20.1 Å². The minimum Gasteiger partial charge on any atom is -0.478 e. The molecule has 0 bridgehead atoms. The van der Waals surface area contributed by atoms with Crippen LogP contribution in [-0.2, 0) is 30.5 Å². The zero-order valence-electron chi connectivity index (χ0n) is 17.2. The summed E-state index contributed by atoms with van der Waals surface area (Å²) in [6.07, 6.45) is 6.48. The summed E-state index contributed by atoms with van der Waals surface area (Å²) in [6, 6.07) is 9.51. The van der Waals surface area contributed by atoms with Crippen molar-refractivity contribution in [3.8, 4) is 0 Å². The molecular formula is C23H30O6. The van der Waals surface area contributed by atoms with Gasteiger partial charge in [0.05, 0.1) is 12.2 Å². The van der Waals surface area contributed by atoms with Gasteiger partial charge in [0.15, 0.2) is 0 Å². The highest BCUT2D eigenvalue weighted by molar-refractivity contribution is 5.94. The number of esters is 2. The molecule has 0 aliphatic heterocycles. The van der Waals surface area contributed by atoms with Gasteiger partial charge in [-0.15, -0.1) is 0 Å². The predicted octanol–water partition coefficient (Wildman–Crippen LogP) is 4.61. The standard InChI is InChI=1S/C13H20O4.C10H10O2/c1-4-5-6-7-8-17-13(16)11(3)9-10(2)12(14)15;1-2-10(11)12-8-9-6-4-3-5-7-9/h9H,3-8H2,1-2H3,(H,14,15);2-7H,1,8H2. The molecule has 1 rings (SSSR count). The van der Waals surface area contributed by atoms with Crippen LogP contribution in [0.5, 0.6) is 0 Å². The lowest BCUT2D eigenvalue weighted by Gasteiger charge is -2.04. The first kappa shape index (κ1) is 25.9. The largest absolute Gasteiger partial charge is 0.478 e. The Morgan fingerprint density at radius 2 is 1.72 bits per heavy atom. The fourth-order valence-corrected chi connectivity index (χ4v) is 1.96. The molecule has 1 aromatic rings. The van der Waals surface area contributed by atoms with Gasteiger partial charge in [0.1, 0.15) is 6.61 Å². The third-order valence-electron chi connectivity index (χ3n) is 3.61. The summed E-state index contributed by atoms with van der Waals surface area (Å²) in [4.78, 5) is 32.5. The zero-order valence-corrected chi connectivity index (χ0v) is 17.2. The van der Waals surface area contributed by atoms with Gasteiger partial charge < -0.3 is 14.6 Å². The van der Waals surface area contributed by atoms with Gasteiger partial charge in [-0.1, -0.05) is 69.7 Å². The molecule has 0 fully saturated rings. The Bertz CT molecular complexity index is 703. The number of ether oxygens (including phenoxy) is 2. The highest BCUT2D eigenvalue weighted by Crippen LogP contribution is 2.05. The van der Waals surface area contributed by atoms with Crippen molar-refractivity contribution in [1.29, 1.82) is 0 Å². The van der Waals surface area contributed by atoms with Crippen LogP contribution in [0.25, 0.3) is 0 Å². The molecule has 0 saturated heterocycles. The second kappa shape index (κ2) is 15.9. The number of rotatable bonds is 11. The Kier molecular flexibility index (Phi) is 14.1. The van der Waals surface area contributed by atoms with Crippen LogP contribution in [0.1, 0.15) is 45.1 Å². The molecule has 0 spiro atoms. The lowest BCUT2D eigenvalue weighted by Crippen LogP contribution is -2.08. The van der Waals surface area contributed by atoms with Crippen LogP contribution >= 0.6 is 0 Å². The van der Waals surface area contributed by atoms with Crippen LogP contribution in [0.2, 0.25) is 0 Å². The molecule has 6 heteroatoms. The van der Waals surface area contributed by atoms with E-state index in [9.17, 15) is 14.4 Å². The summed E-state index contributed by atoms with van der Waals surface area (Å²) in [5.41, 5.74) is 1.12. The van der Waals surface area contributed by atoms with E-state index >= 15 is 0 Å². The Morgan fingerprint density at radius 1 is 1.07 bits per heavy atom. The number of aliphatic carboxylic acids is 1. The van der Waals surface area contributed by atoms with Crippen LogP contribution < -0.4 is 0 Å². The molecule has 0 aliphatic rings. The van der Waals surface area contributed by atoms with Gasteiger partial charge in [-0.05, 0) is 25.0 Å². The van der Waals surface area contributed by atoms with Gasteiger partial charge >= 0.3 is 17.9 Å². The minimum atomic E-state index is -1.07. The highest BCUT2D eigenvalue weighted by atomic mass is 16.5. The van der Waals surface area contributed by atoms with E-state index in [-0.39, 0.29) is 17.1 Å². The molecule has 0 saturated carbocycles. The maximum Gasteiger partial charge on any atom is 0.337 e. The van der Waals surface area contributed by atoms with E-state index < -0.39 is 11.9 Å². The molecular weight excluding hydrogens is 372 g/mol. The number of carboxylic acid groups (broad SMARTS) is 1. The maximum absolute atomic E-state index is 11.4. The molecule has 29 heavy (non-hydrogen) atoms. The van der Waals surface area contributed by atoms with Crippen LogP contribution in [0.3, 0.4) is 0 Å². The van der Waals surface area contributed by atoms with E-state index in [1.165, 1.54) is 13.0 Å². The van der Waals surface area contributed by atoms with Gasteiger partial charge in [0.2, 0.25) is 0 Å². The second-order valence-corrected chi connectivity index (χ2v) is 6.15. The molecule has 0 atom stereocenters. The average Bonchev–Trinajstić information content (AvgIpc) is 2.72. The summed E-state index contributed by atoms with van der Waals surface area (Å²) in [7, 11) is 0. The molecule has 1 N–H and O–H groups in total. The Morgan fingerprint density at radius 3 is 2.28 bits per heavy atom. The number of carboxylic acids is 1. The van der Waals surface area contributed by atoms with Crippen molar-refractivity contribution >= 4 is 17.9 Å². The maximum atomic E-state index is 11.4. The van der Waals surface area contributed by atoms with Crippen molar-refractivity contribution in [3.63, 3.8) is 0 Å². The predicted molar refractivity (Wildman–Crippen MR) is 112 cm³/mol. The van der Waals surface area contributed by atoms with E-state index in [0.29, 0.717) is 13.2 Å². The third kappa shape index (κ3) is 13.6. The monoisotopic (exact) mass is 402 g/mol. The molecule has 0 heterocycles. The lowest BCUT2D eigenvalue weighted by molar-refractivity contribution is -0.139. The minimum absolute atomic E-state index is 0.0675. The van der Waals surface area contributed by atoms with E-state index in [1.807, 2.05) is 30.3 Å². The molecule has 6 nitrogen and oxygen atoms in total. The van der Waals surface area contributed by atoms with E-state index in [1.54, 1.807) is 0 Å². The molecule has 0 aromatic heterocycles. The number of benzene rings is 1. The van der Waals surface area contributed by atoms with Gasteiger partial charge in [0, 0.05) is 11.6 Å². The van der Waals surface area contributed by atoms with Crippen LogP contribution in [0, 0.1) is 0 Å². The van der Waals surface area contributed by atoms with E-state index in [4.69, 9.17) is 14.6 Å². The summed E-state index contributed by atoms with van der Waals surface area (Å²) in [5.74, 6) is -2.01. The quantitative estimate of drug-likeness (QED) is 0.252. The molecule has 158 valence electrons. The van der Waals surface area contributed by atoms with Crippen molar-refractivity contribution in [3.05, 3.63) is 72.4 Å². The molecule has 1 aromatic carbocycles. The van der Waals surface area contributed by atoms with Crippen molar-refractivity contribution < 1.29 is 29.0 Å². The molecule has 0 aliphatic carbocycles. The van der Waals surface area contributed by atoms with Crippen LogP contribution in [-0.4, -0.2) is 29.6 Å². The summed E-state index contributed by atoms with van der Waals surface area (Å²) < 4.78 is 9.78. The van der Waals surface area contributed by atoms with Crippen molar-refractivity contribution in [2.75, 3.05) is 6.61 Å². The lowest BCUT2D eigenvalue weighted by atomic mass is 10.2. The zero-order chi connectivity index (χ0) is 22.1. The summed E-state index contributed by atoms with van der Waals surface area (Å²) in [5, 5.41) is 8.62. The third-order valence-corrected chi connectivity index (χ3v) is 3.61. The molecule has 0 unspecified atom stereocenters. The summed E-state index contributed by atoms with van der Waals surface area (Å²) in [6.45, 7) is 11.0. The van der Waals surface area contributed by atoms with Crippen LogP contribution in [0.4, 0.5) is 0 Å². The number of hydrogen-bond donors (Lipinski definition) is 1. The first-order chi connectivity index (χ1) is 13.8. The number of unbranched alkanes of at least 4 members (excludes halogenated alkanes) is 3. The Labute approximate surface area is 172 Å².